The molecular weight excluding hydrogens is 419 g/mol. The first kappa shape index (κ1) is 21.3. The third-order valence-corrected chi connectivity index (χ3v) is 4.25. The summed E-state index contributed by atoms with van der Waals surface area (Å²) in [7, 11) is 1.29. The lowest BCUT2D eigenvalue weighted by Crippen LogP contribution is -2.54. The molecule has 2 aromatic carbocycles. The van der Waals surface area contributed by atoms with Gasteiger partial charge in [-0.25, -0.2) is 18.0 Å². The van der Waals surface area contributed by atoms with Crippen LogP contribution in [0.25, 0.3) is 0 Å². The molecule has 1 saturated heterocycles. The minimum atomic E-state index is -2.39. The van der Waals surface area contributed by atoms with Gasteiger partial charge in [0.1, 0.15) is 5.75 Å². The topological polar surface area (TPSA) is 88.1 Å². The lowest BCUT2D eigenvalue weighted by atomic mass is 10.1. The van der Waals surface area contributed by atoms with E-state index in [9.17, 15) is 36.6 Å². The van der Waals surface area contributed by atoms with Gasteiger partial charge in [-0.05, 0) is 18.2 Å². The quantitative estimate of drug-likeness (QED) is 0.253. The minimum Gasteiger partial charge on any atom is -0.495 e. The van der Waals surface area contributed by atoms with Crippen LogP contribution in [0.1, 0.15) is 16.8 Å². The molecule has 1 amide bonds. The summed E-state index contributed by atoms with van der Waals surface area (Å²) in [5.74, 6) is -15.0. The summed E-state index contributed by atoms with van der Waals surface area (Å²) in [6, 6.07) is 3.48. The van der Waals surface area contributed by atoms with Gasteiger partial charge in [-0.2, -0.15) is 8.78 Å². The molecule has 0 saturated carbocycles. The summed E-state index contributed by atoms with van der Waals surface area (Å²) in [6.45, 7) is 0.0412. The van der Waals surface area contributed by atoms with Gasteiger partial charge in [0.25, 0.3) is 0 Å². The van der Waals surface area contributed by atoms with Crippen LogP contribution in [0.4, 0.5) is 27.6 Å². The number of nitrogens with one attached hydrogen (secondary N) is 1. The molecule has 0 spiro atoms. The molecule has 1 aliphatic rings. The van der Waals surface area contributed by atoms with E-state index in [1.165, 1.54) is 18.1 Å². The molecule has 1 atom stereocenters. The van der Waals surface area contributed by atoms with E-state index in [1.54, 1.807) is 0 Å². The Bertz CT molecular complexity index is 1000. The van der Waals surface area contributed by atoms with E-state index >= 15 is 0 Å². The molecule has 1 heterocycles. The maximum absolute atomic E-state index is 13.8. The predicted octanol–water partition coefficient (Wildman–Crippen LogP) is 2.21. The van der Waals surface area contributed by atoms with Gasteiger partial charge in [-0.15, -0.1) is 0 Å². The van der Waals surface area contributed by atoms with Crippen LogP contribution < -0.4 is 19.7 Å². The standard InChI is InChI=1S/C18H13F5N2O5/c1-29-9-3-2-7(6-8(9)25-5-4-10(26)24-18(25)28)17(27)30-16-14(22)12(20)11(19)13(21)15(16)23/h2-3,6,18,28H,4-5H2,1H3,(H,24,26). The second-order valence-electron chi connectivity index (χ2n) is 6.06. The molecule has 0 aliphatic carbocycles. The minimum absolute atomic E-state index is 0.0133. The van der Waals surface area contributed by atoms with E-state index in [0.29, 0.717) is 0 Å². The van der Waals surface area contributed by atoms with Gasteiger partial charge in [0.15, 0.2) is 0 Å². The highest BCUT2D eigenvalue weighted by atomic mass is 19.2. The predicted molar refractivity (Wildman–Crippen MR) is 90.3 cm³/mol. The summed E-state index contributed by atoms with van der Waals surface area (Å²) in [5.41, 5.74) is -0.240. The van der Waals surface area contributed by atoms with Crippen molar-refractivity contribution < 1.29 is 46.1 Å². The van der Waals surface area contributed by atoms with Crippen molar-refractivity contribution >= 4 is 17.6 Å². The number of aliphatic hydroxyl groups is 1. The molecule has 7 nitrogen and oxygen atoms in total. The second-order valence-corrected chi connectivity index (χ2v) is 6.06. The first-order valence-corrected chi connectivity index (χ1v) is 8.31. The van der Waals surface area contributed by atoms with Crippen molar-refractivity contribution in [2.75, 3.05) is 18.6 Å². The molecule has 0 aromatic heterocycles. The van der Waals surface area contributed by atoms with Crippen LogP contribution >= 0.6 is 0 Å². The Morgan fingerprint density at radius 3 is 2.27 bits per heavy atom. The van der Waals surface area contributed by atoms with E-state index in [2.05, 4.69) is 10.1 Å². The molecule has 2 N–H and O–H groups in total. The summed E-state index contributed by atoms with van der Waals surface area (Å²) < 4.78 is 76.8. The molecule has 1 aliphatic heterocycles. The number of carbonyl (C=O) groups is 2. The Kier molecular flexibility index (Phi) is 5.78. The summed E-state index contributed by atoms with van der Waals surface area (Å²) in [5, 5.41) is 12.3. The monoisotopic (exact) mass is 432 g/mol. The molecule has 2 aromatic rings. The van der Waals surface area contributed by atoms with Crippen LogP contribution in [0.3, 0.4) is 0 Å². The van der Waals surface area contributed by atoms with Crippen molar-refractivity contribution in [3.63, 3.8) is 0 Å². The van der Waals surface area contributed by atoms with Crippen molar-refractivity contribution in [3.8, 4) is 11.5 Å². The number of benzene rings is 2. The highest BCUT2D eigenvalue weighted by Gasteiger charge is 2.30. The van der Waals surface area contributed by atoms with Gasteiger partial charge < -0.3 is 24.8 Å². The van der Waals surface area contributed by atoms with Crippen molar-refractivity contribution in [2.45, 2.75) is 12.8 Å². The van der Waals surface area contributed by atoms with Crippen LogP contribution in [-0.4, -0.2) is 37.0 Å². The number of anilines is 1. The van der Waals surface area contributed by atoms with Crippen LogP contribution in [0.5, 0.6) is 11.5 Å². The van der Waals surface area contributed by atoms with Crippen molar-refractivity contribution in [1.82, 2.24) is 5.32 Å². The first-order chi connectivity index (χ1) is 14.1. The average molecular weight is 432 g/mol. The van der Waals surface area contributed by atoms with Crippen LogP contribution in [0, 0.1) is 29.1 Å². The highest BCUT2D eigenvalue weighted by molar-refractivity contribution is 5.93. The molecule has 30 heavy (non-hydrogen) atoms. The summed E-state index contributed by atoms with van der Waals surface area (Å²) in [4.78, 5) is 24.9. The molecule has 1 fully saturated rings. The lowest BCUT2D eigenvalue weighted by molar-refractivity contribution is -0.125. The van der Waals surface area contributed by atoms with E-state index in [4.69, 9.17) is 4.74 Å². The van der Waals surface area contributed by atoms with Crippen LogP contribution in [0.2, 0.25) is 0 Å². The van der Waals surface area contributed by atoms with Gasteiger partial charge in [0, 0.05) is 13.0 Å². The Balaban J connectivity index is 1.96. The summed E-state index contributed by atoms with van der Waals surface area (Å²) >= 11 is 0. The highest BCUT2D eigenvalue weighted by Crippen LogP contribution is 2.33. The number of halogens is 5. The Labute approximate surface area is 165 Å². The zero-order chi connectivity index (χ0) is 22.2. The van der Waals surface area contributed by atoms with E-state index in [-0.39, 0.29) is 30.0 Å². The van der Waals surface area contributed by atoms with Gasteiger partial charge in [0.05, 0.1) is 18.4 Å². The molecule has 160 valence electrons. The normalized spacial score (nSPS) is 16.3. The van der Waals surface area contributed by atoms with Crippen molar-refractivity contribution in [3.05, 3.63) is 52.8 Å². The fourth-order valence-electron chi connectivity index (χ4n) is 2.76. The molecular formula is C18H13F5N2O5. The number of aliphatic hydroxyl groups excluding tert-OH is 1. The Morgan fingerprint density at radius 1 is 1.10 bits per heavy atom. The van der Waals surface area contributed by atoms with Gasteiger partial charge in [-0.1, -0.05) is 0 Å². The van der Waals surface area contributed by atoms with Gasteiger partial charge >= 0.3 is 5.97 Å². The molecule has 1 unspecified atom stereocenters. The molecule has 3 rings (SSSR count). The lowest BCUT2D eigenvalue weighted by Gasteiger charge is -2.34. The van der Waals surface area contributed by atoms with E-state index in [0.717, 1.165) is 12.1 Å². The maximum atomic E-state index is 13.8. The van der Waals surface area contributed by atoms with Crippen molar-refractivity contribution in [1.29, 1.82) is 0 Å². The zero-order valence-electron chi connectivity index (χ0n) is 15.1. The number of amides is 1. The largest absolute Gasteiger partial charge is 0.495 e. The van der Waals surface area contributed by atoms with E-state index in [1.807, 2.05) is 0 Å². The van der Waals surface area contributed by atoms with Crippen LogP contribution in [0.15, 0.2) is 18.2 Å². The fourth-order valence-corrected chi connectivity index (χ4v) is 2.76. The second kappa shape index (κ2) is 8.14. The molecule has 0 bridgehead atoms. The SMILES string of the molecule is COc1ccc(C(=O)Oc2c(F)c(F)c(F)c(F)c2F)cc1N1CCC(=O)NC1O. The Hall–Kier alpha value is -3.41. The first-order valence-electron chi connectivity index (χ1n) is 8.31. The summed E-state index contributed by atoms with van der Waals surface area (Å²) in [6.07, 6.45) is -1.44. The van der Waals surface area contributed by atoms with Crippen molar-refractivity contribution in [2.24, 2.45) is 0 Å². The molecule has 0 radical (unpaired) electrons. The number of hydrogen-bond acceptors (Lipinski definition) is 6. The van der Waals surface area contributed by atoms with Gasteiger partial charge in [-0.3, -0.25) is 4.79 Å². The third-order valence-electron chi connectivity index (χ3n) is 4.25. The number of rotatable bonds is 4. The Morgan fingerprint density at radius 2 is 1.70 bits per heavy atom. The number of hydrogen-bond donors (Lipinski definition) is 2. The van der Waals surface area contributed by atoms with Gasteiger partial charge in [0.2, 0.25) is 47.1 Å². The fraction of sp³-hybridized carbons (Fsp3) is 0.222. The average Bonchev–Trinajstić information content (AvgIpc) is 2.73. The molecule has 12 heteroatoms. The number of carbonyl (C=O) groups excluding carboxylic acids is 2. The number of nitrogens with zero attached hydrogens (tertiary/aromatic N) is 1. The number of methoxy groups -OCH3 is 1. The zero-order valence-corrected chi connectivity index (χ0v) is 15.1. The maximum Gasteiger partial charge on any atom is 0.343 e. The number of ether oxygens (including phenoxy) is 2. The number of esters is 1. The third kappa shape index (κ3) is 3.73. The smallest absolute Gasteiger partial charge is 0.343 e. The van der Waals surface area contributed by atoms with Crippen LogP contribution in [-0.2, 0) is 4.79 Å². The van der Waals surface area contributed by atoms with E-state index < -0.39 is 53.1 Å².